The Balaban J connectivity index is 2.56. The number of hydrogen-bond acceptors (Lipinski definition) is 5. The second-order valence-electron chi connectivity index (χ2n) is 3.27. The van der Waals surface area contributed by atoms with Crippen LogP contribution in [0.3, 0.4) is 0 Å². The number of aromatic nitrogens is 5. The predicted octanol–water partition coefficient (Wildman–Crippen LogP) is 0.563. The van der Waals surface area contributed by atoms with Crippen LogP contribution >= 0.6 is 0 Å². The van der Waals surface area contributed by atoms with E-state index < -0.39 is 0 Å². The van der Waals surface area contributed by atoms with Crippen LogP contribution in [0.4, 0.5) is 5.82 Å². The molecular weight excluding hydrogens is 192 g/mol. The van der Waals surface area contributed by atoms with Gasteiger partial charge in [-0.15, -0.1) is 0 Å². The number of anilines is 1. The van der Waals surface area contributed by atoms with E-state index in [1.807, 2.05) is 19.2 Å². The Labute approximate surface area is 84.8 Å². The van der Waals surface area contributed by atoms with Gasteiger partial charge in [-0.1, -0.05) is 0 Å². The predicted molar refractivity (Wildman–Crippen MR) is 55.2 cm³/mol. The molecule has 0 aliphatic heterocycles. The minimum atomic E-state index is 0.385. The van der Waals surface area contributed by atoms with E-state index in [2.05, 4.69) is 20.1 Å². The highest BCUT2D eigenvalue weighted by molar-refractivity contribution is 5.87. The maximum Gasteiger partial charge on any atom is 0.183 e. The molecule has 3 aromatic rings. The van der Waals surface area contributed by atoms with Crippen LogP contribution in [0, 0.1) is 6.92 Å². The van der Waals surface area contributed by atoms with E-state index >= 15 is 0 Å². The highest BCUT2D eigenvalue weighted by Gasteiger charge is 2.06. The van der Waals surface area contributed by atoms with Gasteiger partial charge in [0.1, 0.15) is 17.2 Å². The molecule has 0 radical (unpaired) electrons. The Morgan fingerprint density at radius 2 is 2.20 bits per heavy atom. The van der Waals surface area contributed by atoms with Gasteiger partial charge in [0.25, 0.3) is 0 Å². The molecule has 0 atom stereocenters. The molecular formula is C9H8N6. The standard InChI is InChI=1S/C9H8N6/c1-5-12-9-8-6(2-3-15(9)14-5)11-4-7(10)13-8/h2-4H,1H3,(H2,10,13). The number of rotatable bonds is 0. The first-order valence-corrected chi connectivity index (χ1v) is 4.48. The molecule has 3 heterocycles. The maximum absolute atomic E-state index is 5.59. The molecule has 0 aliphatic rings. The topological polar surface area (TPSA) is 82.0 Å². The van der Waals surface area contributed by atoms with E-state index in [4.69, 9.17) is 5.73 Å². The largest absolute Gasteiger partial charge is 0.382 e. The molecule has 0 aromatic carbocycles. The second-order valence-corrected chi connectivity index (χ2v) is 3.27. The summed E-state index contributed by atoms with van der Waals surface area (Å²) in [4.78, 5) is 12.7. The molecule has 0 saturated heterocycles. The van der Waals surface area contributed by atoms with Crippen molar-refractivity contribution in [2.75, 3.05) is 5.73 Å². The van der Waals surface area contributed by atoms with Crippen molar-refractivity contribution in [3.8, 4) is 0 Å². The Kier molecular flexibility index (Phi) is 1.42. The van der Waals surface area contributed by atoms with Crippen molar-refractivity contribution in [1.82, 2.24) is 24.6 Å². The number of pyridine rings is 1. The van der Waals surface area contributed by atoms with Crippen LogP contribution in [0.1, 0.15) is 5.82 Å². The van der Waals surface area contributed by atoms with E-state index in [1.54, 1.807) is 4.52 Å². The highest BCUT2D eigenvalue weighted by atomic mass is 15.3. The van der Waals surface area contributed by atoms with Crippen LogP contribution in [-0.4, -0.2) is 24.6 Å². The van der Waals surface area contributed by atoms with E-state index in [1.165, 1.54) is 6.20 Å². The quantitative estimate of drug-likeness (QED) is 0.573. The SMILES string of the molecule is Cc1nc2c3nc(N)cnc3ccn2n1. The molecule has 0 bridgehead atoms. The molecule has 0 fully saturated rings. The fraction of sp³-hybridized carbons (Fsp3) is 0.111. The van der Waals surface area contributed by atoms with Gasteiger partial charge in [0.2, 0.25) is 0 Å². The lowest BCUT2D eigenvalue weighted by atomic mass is 10.4. The highest BCUT2D eigenvalue weighted by Crippen LogP contribution is 2.15. The van der Waals surface area contributed by atoms with Gasteiger partial charge in [-0.2, -0.15) is 5.10 Å². The molecule has 3 aromatic heterocycles. The molecule has 0 amide bonds. The molecule has 74 valence electrons. The molecule has 0 saturated carbocycles. The second kappa shape index (κ2) is 2.63. The zero-order valence-electron chi connectivity index (χ0n) is 8.05. The van der Waals surface area contributed by atoms with Gasteiger partial charge in [0.05, 0.1) is 11.7 Å². The van der Waals surface area contributed by atoms with Crippen LogP contribution in [0.15, 0.2) is 18.5 Å². The van der Waals surface area contributed by atoms with Crippen LogP contribution < -0.4 is 5.73 Å². The van der Waals surface area contributed by atoms with E-state index in [9.17, 15) is 0 Å². The normalized spacial score (nSPS) is 11.3. The molecule has 0 aliphatic carbocycles. The lowest BCUT2D eigenvalue weighted by molar-refractivity contribution is 0.932. The minimum absolute atomic E-state index is 0.385. The number of nitrogens with zero attached hydrogens (tertiary/aromatic N) is 5. The van der Waals surface area contributed by atoms with Crippen LogP contribution in [-0.2, 0) is 0 Å². The summed E-state index contributed by atoms with van der Waals surface area (Å²) in [5, 5.41) is 4.19. The summed E-state index contributed by atoms with van der Waals surface area (Å²) >= 11 is 0. The number of fused-ring (bicyclic) bond motifs is 3. The Hall–Kier alpha value is -2.24. The van der Waals surface area contributed by atoms with Crippen molar-refractivity contribution in [2.24, 2.45) is 0 Å². The molecule has 0 unspecified atom stereocenters. The fourth-order valence-electron chi connectivity index (χ4n) is 1.54. The first-order chi connectivity index (χ1) is 7.24. The first kappa shape index (κ1) is 8.10. The van der Waals surface area contributed by atoms with E-state index in [0.29, 0.717) is 22.8 Å². The van der Waals surface area contributed by atoms with Gasteiger partial charge in [0.15, 0.2) is 5.65 Å². The van der Waals surface area contributed by atoms with Crippen LogP contribution in [0.2, 0.25) is 0 Å². The zero-order valence-corrected chi connectivity index (χ0v) is 8.05. The summed E-state index contributed by atoms with van der Waals surface area (Å²) in [6, 6.07) is 1.84. The van der Waals surface area contributed by atoms with Gasteiger partial charge < -0.3 is 5.73 Å². The maximum atomic E-state index is 5.59. The van der Waals surface area contributed by atoms with Crippen molar-refractivity contribution in [3.63, 3.8) is 0 Å². The Morgan fingerprint density at radius 3 is 3.07 bits per heavy atom. The van der Waals surface area contributed by atoms with Crippen molar-refractivity contribution in [2.45, 2.75) is 6.92 Å². The summed E-state index contributed by atoms with van der Waals surface area (Å²) in [6.45, 7) is 1.83. The molecule has 6 nitrogen and oxygen atoms in total. The lowest BCUT2D eigenvalue weighted by Crippen LogP contribution is -1.95. The van der Waals surface area contributed by atoms with E-state index in [0.717, 1.165) is 5.52 Å². The smallest absolute Gasteiger partial charge is 0.183 e. The summed E-state index contributed by atoms with van der Waals surface area (Å²) in [6.07, 6.45) is 3.34. The monoisotopic (exact) mass is 200 g/mol. The Bertz CT molecular complexity index is 656. The third kappa shape index (κ3) is 1.11. The van der Waals surface area contributed by atoms with Gasteiger partial charge >= 0.3 is 0 Å². The summed E-state index contributed by atoms with van der Waals surface area (Å²) in [5.41, 5.74) is 7.72. The summed E-state index contributed by atoms with van der Waals surface area (Å²) in [5.74, 6) is 1.09. The van der Waals surface area contributed by atoms with Crippen molar-refractivity contribution in [3.05, 3.63) is 24.3 Å². The lowest BCUT2D eigenvalue weighted by Gasteiger charge is -1.98. The minimum Gasteiger partial charge on any atom is -0.382 e. The number of nitrogens with two attached hydrogens (primary N) is 1. The van der Waals surface area contributed by atoms with Gasteiger partial charge in [-0.3, -0.25) is 4.98 Å². The number of hydrogen-bond donors (Lipinski definition) is 1. The van der Waals surface area contributed by atoms with Crippen molar-refractivity contribution >= 4 is 22.5 Å². The molecule has 2 N–H and O–H groups in total. The number of aryl methyl sites for hydroxylation is 1. The Morgan fingerprint density at radius 1 is 1.33 bits per heavy atom. The number of nitrogen functional groups attached to an aromatic ring is 1. The average molecular weight is 200 g/mol. The first-order valence-electron chi connectivity index (χ1n) is 4.48. The van der Waals surface area contributed by atoms with Gasteiger partial charge in [0, 0.05) is 6.20 Å². The van der Waals surface area contributed by atoms with Crippen LogP contribution in [0.25, 0.3) is 16.7 Å². The molecule has 15 heavy (non-hydrogen) atoms. The van der Waals surface area contributed by atoms with Gasteiger partial charge in [-0.05, 0) is 13.0 Å². The van der Waals surface area contributed by atoms with Gasteiger partial charge in [-0.25, -0.2) is 14.5 Å². The fourth-order valence-corrected chi connectivity index (χ4v) is 1.54. The van der Waals surface area contributed by atoms with Crippen molar-refractivity contribution in [1.29, 1.82) is 0 Å². The van der Waals surface area contributed by atoms with Crippen molar-refractivity contribution < 1.29 is 0 Å². The zero-order chi connectivity index (χ0) is 10.4. The van der Waals surface area contributed by atoms with E-state index in [-0.39, 0.29) is 0 Å². The molecule has 3 rings (SSSR count). The summed E-state index contributed by atoms with van der Waals surface area (Å²) < 4.78 is 1.67. The molecule has 0 spiro atoms. The molecule has 6 heteroatoms. The summed E-state index contributed by atoms with van der Waals surface area (Å²) in [7, 11) is 0. The van der Waals surface area contributed by atoms with Crippen LogP contribution in [0.5, 0.6) is 0 Å². The third-order valence-electron chi connectivity index (χ3n) is 2.14. The average Bonchev–Trinajstić information content (AvgIpc) is 2.58. The third-order valence-corrected chi connectivity index (χ3v) is 2.14.